The smallest absolute Gasteiger partial charge is 0.323 e. The second-order valence-corrected chi connectivity index (χ2v) is 3.51. The summed E-state index contributed by atoms with van der Waals surface area (Å²) in [6.45, 7) is 1.40. The van der Waals surface area contributed by atoms with Crippen molar-refractivity contribution in [3.05, 3.63) is 0 Å². The van der Waals surface area contributed by atoms with E-state index in [2.05, 4.69) is 0 Å². The average Bonchev–Trinajstić information content (AvgIpc) is 1.99. The topological polar surface area (TPSA) is 83.6 Å². The zero-order valence-corrected chi connectivity index (χ0v) is 8.20. The number of carbonyl (C=O) groups excluding carboxylic acids is 1. The monoisotopic (exact) mass is 188 g/mol. The highest BCUT2D eigenvalue weighted by Crippen LogP contribution is 2.09. The molecule has 0 aromatic carbocycles. The van der Waals surface area contributed by atoms with Gasteiger partial charge in [0.05, 0.1) is 0 Å². The molecular weight excluding hydrogens is 172 g/mol. The van der Waals surface area contributed by atoms with Gasteiger partial charge in [-0.25, -0.2) is 0 Å². The largest absolute Gasteiger partial charge is 0.480 e. The number of carboxylic acids is 1. The van der Waals surface area contributed by atoms with Gasteiger partial charge >= 0.3 is 5.97 Å². The van der Waals surface area contributed by atoms with Crippen molar-refractivity contribution in [3.8, 4) is 0 Å². The molecule has 0 bridgehead atoms. The van der Waals surface area contributed by atoms with Crippen molar-refractivity contribution < 1.29 is 14.7 Å². The van der Waals surface area contributed by atoms with E-state index in [0.29, 0.717) is 0 Å². The minimum absolute atomic E-state index is 0.113. The van der Waals surface area contributed by atoms with E-state index in [9.17, 15) is 9.59 Å². The van der Waals surface area contributed by atoms with Crippen LogP contribution in [0.1, 0.15) is 19.8 Å². The fourth-order valence-corrected chi connectivity index (χ4v) is 0.697. The van der Waals surface area contributed by atoms with Crippen LogP contribution >= 0.6 is 0 Å². The van der Waals surface area contributed by atoms with Crippen LogP contribution in [0.25, 0.3) is 0 Å². The lowest BCUT2D eigenvalue weighted by Gasteiger charge is -2.19. The summed E-state index contributed by atoms with van der Waals surface area (Å²) < 4.78 is 0. The first kappa shape index (κ1) is 11.9. The SMILES string of the molecule is CN(C)C(=O)CC[C@](C)(N)C(=O)O. The summed E-state index contributed by atoms with van der Waals surface area (Å²) in [4.78, 5) is 23.1. The summed E-state index contributed by atoms with van der Waals surface area (Å²) >= 11 is 0. The van der Waals surface area contributed by atoms with Gasteiger partial charge in [0.25, 0.3) is 0 Å². The molecule has 5 nitrogen and oxygen atoms in total. The van der Waals surface area contributed by atoms with Crippen molar-refractivity contribution in [2.45, 2.75) is 25.3 Å². The molecule has 0 heterocycles. The molecular formula is C8H16N2O3. The first-order chi connectivity index (χ1) is 5.77. The van der Waals surface area contributed by atoms with Crippen molar-refractivity contribution in [1.82, 2.24) is 4.90 Å². The Morgan fingerprint density at radius 2 is 1.92 bits per heavy atom. The number of hydrogen-bond acceptors (Lipinski definition) is 3. The van der Waals surface area contributed by atoms with Gasteiger partial charge in [-0.05, 0) is 13.3 Å². The van der Waals surface area contributed by atoms with E-state index in [1.807, 2.05) is 0 Å². The molecule has 0 aliphatic carbocycles. The highest BCUT2D eigenvalue weighted by molar-refractivity contribution is 5.80. The number of rotatable bonds is 4. The minimum Gasteiger partial charge on any atom is -0.480 e. The molecule has 0 unspecified atom stereocenters. The molecule has 0 aromatic heterocycles. The second-order valence-electron chi connectivity index (χ2n) is 3.51. The molecule has 0 radical (unpaired) electrons. The van der Waals surface area contributed by atoms with Crippen LogP contribution < -0.4 is 5.73 Å². The van der Waals surface area contributed by atoms with Gasteiger partial charge in [-0.15, -0.1) is 0 Å². The van der Waals surface area contributed by atoms with Crippen molar-refractivity contribution >= 4 is 11.9 Å². The van der Waals surface area contributed by atoms with Crippen molar-refractivity contribution in [1.29, 1.82) is 0 Å². The lowest BCUT2D eigenvalue weighted by atomic mass is 9.97. The van der Waals surface area contributed by atoms with Gasteiger partial charge in [0.15, 0.2) is 0 Å². The number of carboxylic acid groups (broad SMARTS) is 1. The van der Waals surface area contributed by atoms with Gasteiger partial charge < -0.3 is 15.7 Å². The summed E-state index contributed by atoms with van der Waals surface area (Å²) in [6, 6.07) is 0. The van der Waals surface area contributed by atoms with Gasteiger partial charge in [-0.1, -0.05) is 0 Å². The van der Waals surface area contributed by atoms with Crippen molar-refractivity contribution in [2.75, 3.05) is 14.1 Å². The molecule has 0 saturated carbocycles. The molecule has 76 valence electrons. The molecule has 0 saturated heterocycles. The Kier molecular flexibility index (Phi) is 3.87. The predicted octanol–water partition coefficient (Wildman–Crippen LogP) is -0.343. The average molecular weight is 188 g/mol. The summed E-state index contributed by atoms with van der Waals surface area (Å²) in [5, 5.41) is 8.64. The Labute approximate surface area is 77.5 Å². The maximum absolute atomic E-state index is 11.1. The predicted molar refractivity (Wildman–Crippen MR) is 48.2 cm³/mol. The molecule has 0 aromatic rings. The normalized spacial score (nSPS) is 14.8. The quantitative estimate of drug-likeness (QED) is 0.632. The second kappa shape index (κ2) is 4.23. The van der Waals surface area contributed by atoms with E-state index in [1.165, 1.54) is 11.8 Å². The Morgan fingerprint density at radius 3 is 2.23 bits per heavy atom. The van der Waals surface area contributed by atoms with Crippen molar-refractivity contribution in [2.24, 2.45) is 5.73 Å². The van der Waals surface area contributed by atoms with E-state index in [1.54, 1.807) is 14.1 Å². The van der Waals surface area contributed by atoms with E-state index in [-0.39, 0.29) is 18.7 Å². The zero-order valence-electron chi connectivity index (χ0n) is 8.20. The third-order valence-corrected chi connectivity index (χ3v) is 1.85. The van der Waals surface area contributed by atoms with Crippen LogP contribution in [0.4, 0.5) is 0 Å². The number of carbonyl (C=O) groups is 2. The Balaban J connectivity index is 4.03. The Bertz CT molecular complexity index is 211. The van der Waals surface area contributed by atoms with Gasteiger partial charge in [0, 0.05) is 20.5 Å². The molecule has 5 heteroatoms. The highest BCUT2D eigenvalue weighted by atomic mass is 16.4. The number of nitrogens with two attached hydrogens (primary N) is 1. The standard InChI is InChI=1S/C8H16N2O3/c1-8(9,7(12)13)5-4-6(11)10(2)3/h4-5,9H2,1-3H3,(H,12,13)/t8-/m0/s1. The van der Waals surface area contributed by atoms with Crippen LogP contribution in [0.5, 0.6) is 0 Å². The fraction of sp³-hybridized carbons (Fsp3) is 0.750. The summed E-state index contributed by atoms with van der Waals surface area (Å²) in [5.41, 5.74) is 4.12. The minimum atomic E-state index is -1.31. The lowest BCUT2D eigenvalue weighted by molar-refractivity contribution is -0.143. The maximum atomic E-state index is 11.1. The molecule has 0 aliphatic heterocycles. The summed E-state index contributed by atoms with van der Waals surface area (Å²) in [5.74, 6) is -1.20. The van der Waals surface area contributed by atoms with Crippen LogP contribution in [0.15, 0.2) is 0 Å². The third kappa shape index (κ3) is 3.89. The van der Waals surface area contributed by atoms with Crippen LogP contribution in [-0.2, 0) is 9.59 Å². The van der Waals surface area contributed by atoms with E-state index < -0.39 is 11.5 Å². The van der Waals surface area contributed by atoms with Crippen LogP contribution in [-0.4, -0.2) is 41.5 Å². The molecule has 0 rings (SSSR count). The first-order valence-corrected chi connectivity index (χ1v) is 4.00. The number of hydrogen-bond donors (Lipinski definition) is 2. The van der Waals surface area contributed by atoms with Gasteiger partial charge in [-0.2, -0.15) is 0 Å². The van der Waals surface area contributed by atoms with E-state index in [0.717, 1.165) is 0 Å². The Hall–Kier alpha value is -1.10. The van der Waals surface area contributed by atoms with Crippen molar-refractivity contribution in [3.63, 3.8) is 0 Å². The molecule has 1 amide bonds. The van der Waals surface area contributed by atoms with Gasteiger partial charge in [0.1, 0.15) is 5.54 Å². The number of amides is 1. The maximum Gasteiger partial charge on any atom is 0.323 e. The van der Waals surface area contributed by atoms with E-state index >= 15 is 0 Å². The zero-order chi connectivity index (χ0) is 10.6. The molecule has 0 spiro atoms. The lowest BCUT2D eigenvalue weighted by Crippen LogP contribution is -2.45. The highest BCUT2D eigenvalue weighted by Gasteiger charge is 2.28. The van der Waals surface area contributed by atoms with Crippen LogP contribution in [0.3, 0.4) is 0 Å². The fourth-order valence-electron chi connectivity index (χ4n) is 0.697. The number of nitrogens with zero attached hydrogens (tertiary/aromatic N) is 1. The van der Waals surface area contributed by atoms with Gasteiger partial charge in [0.2, 0.25) is 5.91 Å². The van der Waals surface area contributed by atoms with E-state index in [4.69, 9.17) is 10.8 Å². The molecule has 3 N–H and O–H groups in total. The molecule has 0 fully saturated rings. The van der Waals surface area contributed by atoms with Crippen LogP contribution in [0.2, 0.25) is 0 Å². The summed E-state index contributed by atoms with van der Waals surface area (Å²) in [6.07, 6.45) is 0.311. The molecule has 1 atom stereocenters. The van der Waals surface area contributed by atoms with Gasteiger partial charge in [-0.3, -0.25) is 9.59 Å². The summed E-state index contributed by atoms with van der Waals surface area (Å²) in [7, 11) is 3.24. The first-order valence-electron chi connectivity index (χ1n) is 4.00. The molecule has 13 heavy (non-hydrogen) atoms. The Morgan fingerprint density at radius 1 is 1.46 bits per heavy atom. The van der Waals surface area contributed by atoms with Crippen LogP contribution in [0, 0.1) is 0 Å². The molecule has 0 aliphatic rings. The third-order valence-electron chi connectivity index (χ3n) is 1.85. The number of aliphatic carboxylic acids is 1.